The molecule has 2 aromatic rings. The van der Waals surface area contributed by atoms with Crippen LogP contribution in [0.1, 0.15) is 29.5 Å². The van der Waals surface area contributed by atoms with Crippen LogP contribution in [-0.4, -0.2) is 11.6 Å². The minimum atomic E-state index is -0.124. The molecule has 2 aromatic carbocycles. The summed E-state index contributed by atoms with van der Waals surface area (Å²) in [5, 5.41) is 0. The summed E-state index contributed by atoms with van der Waals surface area (Å²) in [5.41, 5.74) is 10.8. The molecule has 1 heterocycles. The molecule has 0 bridgehead atoms. The third kappa shape index (κ3) is 2.44. The zero-order valence-electron chi connectivity index (χ0n) is 12.2. The minimum Gasteiger partial charge on any atom is -0.490 e. The zero-order valence-corrected chi connectivity index (χ0v) is 12.2. The second-order valence-electron chi connectivity index (χ2n) is 6.56. The highest BCUT2D eigenvalue weighted by molar-refractivity contribution is 5.38. The van der Waals surface area contributed by atoms with Crippen molar-refractivity contribution < 1.29 is 4.74 Å². The van der Waals surface area contributed by atoms with E-state index in [1.165, 1.54) is 16.7 Å². The van der Waals surface area contributed by atoms with Gasteiger partial charge in [0.25, 0.3) is 0 Å². The number of hydrogen-bond acceptors (Lipinski definition) is 2. The Labute approximate surface area is 125 Å². The van der Waals surface area contributed by atoms with Crippen molar-refractivity contribution in [1.82, 2.24) is 0 Å². The molecule has 2 unspecified atom stereocenters. The largest absolute Gasteiger partial charge is 0.490 e. The summed E-state index contributed by atoms with van der Waals surface area (Å²) in [6.45, 7) is 0. The van der Waals surface area contributed by atoms with Crippen molar-refractivity contribution in [2.24, 2.45) is 5.73 Å². The number of aryl methyl sites for hydroxylation is 1. The van der Waals surface area contributed by atoms with Gasteiger partial charge in [-0.3, -0.25) is 0 Å². The maximum absolute atomic E-state index is 6.71. The van der Waals surface area contributed by atoms with Gasteiger partial charge in [0.2, 0.25) is 0 Å². The Morgan fingerprint density at radius 1 is 1.00 bits per heavy atom. The van der Waals surface area contributed by atoms with Crippen LogP contribution in [0.3, 0.4) is 0 Å². The molecule has 2 atom stereocenters. The lowest BCUT2D eigenvalue weighted by molar-refractivity contribution is 0.170. The summed E-state index contributed by atoms with van der Waals surface area (Å²) in [6, 6.07) is 17.0. The van der Waals surface area contributed by atoms with Crippen LogP contribution in [0.5, 0.6) is 5.75 Å². The summed E-state index contributed by atoms with van der Waals surface area (Å²) in [4.78, 5) is 0. The van der Waals surface area contributed by atoms with Crippen LogP contribution in [0.25, 0.3) is 0 Å². The van der Waals surface area contributed by atoms with Gasteiger partial charge in [0.15, 0.2) is 0 Å². The number of fused-ring (bicyclic) bond motifs is 2. The maximum Gasteiger partial charge on any atom is 0.123 e. The first kappa shape index (κ1) is 12.9. The van der Waals surface area contributed by atoms with Gasteiger partial charge in [0, 0.05) is 18.4 Å². The van der Waals surface area contributed by atoms with Crippen LogP contribution in [-0.2, 0) is 19.3 Å². The van der Waals surface area contributed by atoms with Gasteiger partial charge in [-0.15, -0.1) is 0 Å². The number of hydrogen-bond donors (Lipinski definition) is 1. The molecule has 0 fully saturated rings. The van der Waals surface area contributed by atoms with E-state index in [1.807, 2.05) is 6.07 Å². The normalized spacial score (nSPS) is 26.8. The van der Waals surface area contributed by atoms with E-state index in [0.717, 1.165) is 37.9 Å². The Balaban J connectivity index is 1.49. The number of rotatable bonds is 2. The van der Waals surface area contributed by atoms with Crippen LogP contribution in [0.2, 0.25) is 0 Å². The van der Waals surface area contributed by atoms with Crippen LogP contribution >= 0.6 is 0 Å². The Morgan fingerprint density at radius 3 is 2.52 bits per heavy atom. The molecular weight excluding hydrogens is 258 g/mol. The summed E-state index contributed by atoms with van der Waals surface area (Å²) in [7, 11) is 0. The van der Waals surface area contributed by atoms with Crippen LogP contribution in [0.15, 0.2) is 48.5 Å². The summed E-state index contributed by atoms with van der Waals surface area (Å²) in [5.74, 6) is 1.04. The average Bonchev–Trinajstić information content (AvgIpc) is 2.88. The number of benzene rings is 2. The fourth-order valence-electron chi connectivity index (χ4n) is 3.82. The van der Waals surface area contributed by atoms with Gasteiger partial charge in [-0.2, -0.15) is 0 Å². The van der Waals surface area contributed by atoms with Crippen molar-refractivity contribution >= 4 is 0 Å². The highest BCUT2D eigenvalue weighted by Gasteiger charge is 2.35. The Kier molecular flexibility index (Phi) is 3.00. The molecule has 0 aromatic heterocycles. The number of nitrogens with two attached hydrogens (primary N) is 1. The van der Waals surface area contributed by atoms with Crippen LogP contribution < -0.4 is 10.5 Å². The van der Waals surface area contributed by atoms with Crippen molar-refractivity contribution in [3.05, 3.63) is 65.2 Å². The number of para-hydroxylation sites is 1. The molecule has 2 N–H and O–H groups in total. The van der Waals surface area contributed by atoms with Crippen LogP contribution in [0, 0.1) is 0 Å². The molecule has 0 saturated heterocycles. The van der Waals surface area contributed by atoms with Crippen LogP contribution in [0.4, 0.5) is 0 Å². The molecule has 21 heavy (non-hydrogen) atoms. The lowest BCUT2D eigenvalue weighted by atomic mass is 9.75. The van der Waals surface area contributed by atoms with Crippen molar-refractivity contribution in [2.45, 2.75) is 43.7 Å². The van der Waals surface area contributed by atoms with Gasteiger partial charge in [0.1, 0.15) is 11.9 Å². The van der Waals surface area contributed by atoms with Gasteiger partial charge in [-0.25, -0.2) is 0 Å². The molecule has 0 spiro atoms. The standard InChI is InChI=1S/C19H21NO/c20-19(10-9-14-5-1-2-7-16(14)12-19)13-17-11-15-6-3-4-8-18(15)21-17/h1-8,17H,9-13,20H2. The van der Waals surface area contributed by atoms with Crippen molar-refractivity contribution in [3.63, 3.8) is 0 Å². The van der Waals surface area contributed by atoms with E-state index in [1.54, 1.807) is 0 Å². The Bertz CT molecular complexity index is 641. The number of ether oxygens (including phenoxy) is 1. The summed E-state index contributed by atoms with van der Waals surface area (Å²) >= 11 is 0. The first-order chi connectivity index (χ1) is 10.2. The molecule has 2 heteroatoms. The van der Waals surface area contributed by atoms with Gasteiger partial charge < -0.3 is 10.5 Å². The Morgan fingerprint density at radius 2 is 1.71 bits per heavy atom. The SMILES string of the molecule is NC1(CC2Cc3ccccc3O2)CCc2ccccc2C1. The molecule has 108 valence electrons. The van der Waals surface area contributed by atoms with E-state index in [4.69, 9.17) is 10.5 Å². The summed E-state index contributed by atoms with van der Waals surface area (Å²) < 4.78 is 6.08. The third-order valence-corrected chi connectivity index (χ3v) is 4.90. The third-order valence-electron chi connectivity index (χ3n) is 4.90. The molecule has 0 saturated carbocycles. The van der Waals surface area contributed by atoms with E-state index < -0.39 is 0 Å². The zero-order chi connectivity index (χ0) is 14.3. The minimum absolute atomic E-state index is 0.124. The summed E-state index contributed by atoms with van der Waals surface area (Å²) in [6.07, 6.45) is 5.29. The van der Waals surface area contributed by atoms with Gasteiger partial charge in [-0.05, 0) is 42.0 Å². The predicted octanol–water partition coefficient (Wildman–Crippen LogP) is 3.27. The monoisotopic (exact) mass is 279 g/mol. The van der Waals surface area contributed by atoms with E-state index in [0.29, 0.717) is 0 Å². The van der Waals surface area contributed by atoms with Crippen molar-refractivity contribution in [3.8, 4) is 5.75 Å². The highest BCUT2D eigenvalue weighted by atomic mass is 16.5. The first-order valence-corrected chi connectivity index (χ1v) is 7.82. The molecule has 1 aliphatic carbocycles. The molecule has 1 aliphatic heterocycles. The highest BCUT2D eigenvalue weighted by Crippen LogP contribution is 2.35. The van der Waals surface area contributed by atoms with Gasteiger partial charge in [0.05, 0.1) is 0 Å². The lowest BCUT2D eigenvalue weighted by Gasteiger charge is -2.36. The Hall–Kier alpha value is -1.80. The molecule has 4 rings (SSSR count). The van der Waals surface area contributed by atoms with E-state index in [9.17, 15) is 0 Å². The second-order valence-corrected chi connectivity index (χ2v) is 6.56. The van der Waals surface area contributed by atoms with E-state index in [-0.39, 0.29) is 11.6 Å². The smallest absolute Gasteiger partial charge is 0.123 e. The fraction of sp³-hybridized carbons (Fsp3) is 0.368. The quantitative estimate of drug-likeness (QED) is 0.915. The molecular formula is C19H21NO. The molecule has 2 nitrogen and oxygen atoms in total. The fourth-order valence-corrected chi connectivity index (χ4v) is 3.82. The molecule has 0 amide bonds. The maximum atomic E-state index is 6.71. The average molecular weight is 279 g/mol. The van der Waals surface area contributed by atoms with E-state index >= 15 is 0 Å². The van der Waals surface area contributed by atoms with Gasteiger partial charge >= 0.3 is 0 Å². The van der Waals surface area contributed by atoms with E-state index in [2.05, 4.69) is 42.5 Å². The van der Waals surface area contributed by atoms with Crippen molar-refractivity contribution in [1.29, 1.82) is 0 Å². The van der Waals surface area contributed by atoms with Crippen molar-refractivity contribution in [2.75, 3.05) is 0 Å². The molecule has 2 aliphatic rings. The topological polar surface area (TPSA) is 35.2 Å². The van der Waals surface area contributed by atoms with Gasteiger partial charge in [-0.1, -0.05) is 42.5 Å². The predicted molar refractivity (Wildman–Crippen MR) is 84.6 cm³/mol. The lowest BCUT2D eigenvalue weighted by Crippen LogP contribution is -2.48. The first-order valence-electron chi connectivity index (χ1n) is 7.82. The second kappa shape index (κ2) is 4.88. The molecule has 0 radical (unpaired) electrons.